The number of hydrogen-bond donors (Lipinski definition) is 0. The molecular formula is C29H42F2N2O3. The van der Waals surface area contributed by atoms with Crippen LogP contribution in [-0.2, 0) is 9.47 Å². The third kappa shape index (κ3) is 7.00. The summed E-state index contributed by atoms with van der Waals surface area (Å²) in [5.41, 5.74) is 2.37. The number of ether oxygens (including phenoxy) is 3. The molecule has 36 heavy (non-hydrogen) atoms. The zero-order valence-electron chi connectivity index (χ0n) is 22.3. The third-order valence-electron chi connectivity index (χ3n) is 8.00. The van der Waals surface area contributed by atoms with Crippen molar-refractivity contribution in [2.45, 2.75) is 84.0 Å². The van der Waals surface area contributed by atoms with Crippen molar-refractivity contribution in [1.82, 2.24) is 4.90 Å². The van der Waals surface area contributed by atoms with E-state index >= 15 is 0 Å². The average molecular weight is 505 g/mol. The zero-order chi connectivity index (χ0) is 25.8. The average Bonchev–Trinajstić information content (AvgIpc) is 2.83. The molecule has 2 saturated heterocycles. The minimum Gasteiger partial charge on any atom is -0.491 e. The lowest BCUT2D eigenvalue weighted by Gasteiger charge is -2.53. The Balaban J connectivity index is 1.28. The molecule has 2 heterocycles. The third-order valence-corrected chi connectivity index (χ3v) is 8.00. The number of benzene rings is 1. The van der Waals surface area contributed by atoms with Gasteiger partial charge in [0.1, 0.15) is 11.5 Å². The number of rotatable bonds is 9. The number of halogens is 2. The van der Waals surface area contributed by atoms with E-state index in [4.69, 9.17) is 9.47 Å². The fraction of sp³-hybridized carbons (Fsp3) is 0.655. The number of nitrogens with zero attached hydrogens (tertiary/aromatic N) is 2. The second kappa shape index (κ2) is 11.5. The standard InChI is InChI=1S/C29H42F2N2O3/c1-5-6-26(19-22(2)32(4)23-7-9-25(10-8-23)36-28(3,30)31)35-27-20-29(21-27)13-15-33(16-14-29)24-11-17-34-18-12-24/h6-10,19,24,27H,5,11-18,20-21H2,1-4H3/b22-19-,26-6-. The molecule has 7 heteroatoms. The molecular weight excluding hydrogens is 462 g/mol. The van der Waals surface area contributed by atoms with Crippen LogP contribution in [0.5, 0.6) is 5.75 Å². The van der Waals surface area contributed by atoms with Gasteiger partial charge >= 0.3 is 6.11 Å². The molecule has 3 fully saturated rings. The first-order valence-electron chi connectivity index (χ1n) is 13.4. The Morgan fingerprint density at radius 1 is 1.17 bits per heavy atom. The van der Waals surface area contributed by atoms with Crippen LogP contribution in [0.25, 0.3) is 0 Å². The molecule has 1 aliphatic carbocycles. The molecule has 1 aromatic rings. The second-order valence-corrected chi connectivity index (χ2v) is 10.8. The zero-order valence-corrected chi connectivity index (χ0v) is 22.3. The van der Waals surface area contributed by atoms with Gasteiger partial charge in [0.2, 0.25) is 0 Å². The Kier molecular flexibility index (Phi) is 8.61. The minimum absolute atomic E-state index is 0.147. The van der Waals surface area contributed by atoms with Crippen LogP contribution in [0.4, 0.5) is 14.5 Å². The molecule has 0 aromatic heterocycles. The molecule has 1 spiro atoms. The highest BCUT2D eigenvalue weighted by atomic mass is 19.3. The highest BCUT2D eigenvalue weighted by Gasteiger charge is 2.47. The summed E-state index contributed by atoms with van der Waals surface area (Å²) >= 11 is 0. The van der Waals surface area contributed by atoms with Gasteiger partial charge in [-0.25, -0.2) is 0 Å². The molecule has 0 N–H and O–H groups in total. The van der Waals surface area contributed by atoms with Gasteiger partial charge in [-0.05, 0) is 107 Å². The minimum atomic E-state index is -3.19. The van der Waals surface area contributed by atoms with Crippen LogP contribution in [0.1, 0.15) is 65.7 Å². The molecule has 0 amide bonds. The maximum absolute atomic E-state index is 13.1. The summed E-state index contributed by atoms with van der Waals surface area (Å²) in [7, 11) is 1.96. The van der Waals surface area contributed by atoms with E-state index < -0.39 is 6.11 Å². The van der Waals surface area contributed by atoms with E-state index in [-0.39, 0.29) is 11.9 Å². The Morgan fingerprint density at radius 3 is 2.39 bits per heavy atom. The predicted octanol–water partition coefficient (Wildman–Crippen LogP) is 6.75. The van der Waals surface area contributed by atoms with Crippen molar-refractivity contribution in [3.05, 3.63) is 47.9 Å². The van der Waals surface area contributed by atoms with E-state index in [0.717, 1.165) is 56.5 Å². The number of hydrogen-bond acceptors (Lipinski definition) is 5. The molecule has 4 rings (SSSR count). The summed E-state index contributed by atoms with van der Waals surface area (Å²) in [6, 6.07) is 7.41. The van der Waals surface area contributed by atoms with Gasteiger partial charge in [-0.3, -0.25) is 0 Å². The van der Waals surface area contributed by atoms with Crippen LogP contribution >= 0.6 is 0 Å². The lowest BCUT2D eigenvalue weighted by Crippen LogP contribution is -2.52. The largest absolute Gasteiger partial charge is 0.491 e. The van der Waals surface area contributed by atoms with Gasteiger partial charge in [-0.1, -0.05) is 6.92 Å². The lowest BCUT2D eigenvalue weighted by atomic mass is 9.61. The van der Waals surface area contributed by atoms with Crippen LogP contribution in [0, 0.1) is 5.41 Å². The van der Waals surface area contributed by atoms with Crippen molar-refractivity contribution in [3.8, 4) is 5.75 Å². The molecule has 0 bridgehead atoms. The summed E-state index contributed by atoms with van der Waals surface area (Å²) in [5.74, 6) is 1.06. The van der Waals surface area contributed by atoms with Crippen molar-refractivity contribution in [1.29, 1.82) is 0 Å². The van der Waals surface area contributed by atoms with Crippen molar-refractivity contribution < 1.29 is 23.0 Å². The fourth-order valence-corrected chi connectivity index (χ4v) is 5.80. The van der Waals surface area contributed by atoms with E-state index in [1.54, 1.807) is 24.3 Å². The number of allylic oxidation sites excluding steroid dienone is 3. The first-order chi connectivity index (χ1) is 17.2. The van der Waals surface area contributed by atoms with Gasteiger partial charge in [0.25, 0.3) is 0 Å². The Morgan fingerprint density at radius 2 is 1.81 bits per heavy atom. The van der Waals surface area contributed by atoms with Crippen molar-refractivity contribution >= 4 is 5.69 Å². The summed E-state index contributed by atoms with van der Waals surface area (Å²) in [4.78, 5) is 4.72. The van der Waals surface area contributed by atoms with E-state index in [1.165, 1.54) is 38.8 Å². The fourth-order valence-electron chi connectivity index (χ4n) is 5.80. The Bertz CT molecular complexity index is 903. The first kappa shape index (κ1) is 26.9. The van der Waals surface area contributed by atoms with Crippen LogP contribution in [0.2, 0.25) is 0 Å². The Hall–Kier alpha value is -2.12. The predicted molar refractivity (Wildman–Crippen MR) is 139 cm³/mol. The van der Waals surface area contributed by atoms with Crippen molar-refractivity contribution in [2.24, 2.45) is 5.41 Å². The molecule has 5 nitrogen and oxygen atoms in total. The van der Waals surface area contributed by atoms with Crippen LogP contribution in [0.3, 0.4) is 0 Å². The molecule has 200 valence electrons. The second-order valence-electron chi connectivity index (χ2n) is 10.8. The van der Waals surface area contributed by atoms with E-state index in [2.05, 4.69) is 28.7 Å². The SMILES string of the molecule is CC/C=C(/C=C(/C)N(C)c1ccc(OC(C)(F)F)cc1)OC1CC2(CCN(C3CCOCC3)CC2)C1. The molecule has 0 unspecified atom stereocenters. The number of anilines is 1. The van der Waals surface area contributed by atoms with Gasteiger partial charge < -0.3 is 24.0 Å². The number of alkyl halides is 2. The highest BCUT2D eigenvalue weighted by molar-refractivity contribution is 5.53. The van der Waals surface area contributed by atoms with Gasteiger partial charge in [-0.15, -0.1) is 0 Å². The lowest BCUT2D eigenvalue weighted by molar-refractivity contribution is -0.158. The quantitative estimate of drug-likeness (QED) is 0.274. The molecule has 0 radical (unpaired) electrons. The molecule has 0 atom stereocenters. The van der Waals surface area contributed by atoms with Crippen LogP contribution in [0.15, 0.2) is 47.9 Å². The topological polar surface area (TPSA) is 34.2 Å². The van der Waals surface area contributed by atoms with E-state index in [9.17, 15) is 8.78 Å². The highest BCUT2D eigenvalue weighted by Crippen LogP contribution is 2.51. The summed E-state index contributed by atoms with van der Waals surface area (Å²) < 4.78 is 42.8. The first-order valence-corrected chi connectivity index (χ1v) is 13.4. The normalized spacial score (nSPS) is 22.4. The van der Waals surface area contributed by atoms with Crippen molar-refractivity contribution in [3.63, 3.8) is 0 Å². The maximum atomic E-state index is 13.1. The summed E-state index contributed by atoms with van der Waals surface area (Å²) in [5, 5.41) is 0. The molecule has 1 saturated carbocycles. The maximum Gasteiger partial charge on any atom is 0.394 e. The van der Waals surface area contributed by atoms with Gasteiger partial charge in [0.15, 0.2) is 0 Å². The number of piperidine rings is 1. The van der Waals surface area contributed by atoms with Gasteiger partial charge in [-0.2, -0.15) is 8.78 Å². The Labute approximate surface area is 215 Å². The van der Waals surface area contributed by atoms with E-state index in [0.29, 0.717) is 11.5 Å². The van der Waals surface area contributed by atoms with Gasteiger partial charge in [0, 0.05) is 44.6 Å². The molecule has 2 aliphatic heterocycles. The summed E-state index contributed by atoms with van der Waals surface area (Å²) in [6.45, 7) is 9.13. The summed E-state index contributed by atoms with van der Waals surface area (Å²) in [6.07, 6.45) is 9.39. The smallest absolute Gasteiger partial charge is 0.394 e. The monoisotopic (exact) mass is 504 g/mol. The molecule has 3 aliphatic rings. The van der Waals surface area contributed by atoms with E-state index in [1.807, 2.05) is 18.9 Å². The van der Waals surface area contributed by atoms with Crippen LogP contribution in [-0.4, -0.2) is 56.5 Å². The molecule has 1 aromatic carbocycles. The van der Waals surface area contributed by atoms with Crippen molar-refractivity contribution in [2.75, 3.05) is 38.3 Å². The number of likely N-dealkylation sites (tertiary alicyclic amines) is 1. The van der Waals surface area contributed by atoms with Gasteiger partial charge in [0.05, 0.1) is 6.10 Å². The van der Waals surface area contributed by atoms with Crippen LogP contribution < -0.4 is 9.64 Å².